The Morgan fingerprint density at radius 2 is 1.90 bits per heavy atom. The van der Waals surface area contributed by atoms with Crippen LogP contribution >= 0.6 is 0 Å². The van der Waals surface area contributed by atoms with E-state index in [0.29, 0.717) is 24.8 Å². The average Bonchev–Trinajstić information content (AvgIpc) is 2.68. The molecule has 1 amide bonds. The van der Waals surface area contributed by atoms with E-state index in [1.165, 1.54) is 12.3 Å². The van der Waals surface area contributed by atoms with Crippen LogP contribution in [0.2, 0.25) is 0 Å². The fourth-order valence-corrected chi connectivity index (χ4v) is 2.75. The number of aromatic hydroxyl groups is 1. The normalized spacial score (nSPS) is 12.4. The molecule has 30 heavy (non-hydrogen) atoms. The largest absolute Gasteiger partial charge is 0.507 e. The van der Waals surface area contributed by atoms with Crippen molar-refractivity contribution in [1.29, 1.82) is 0 Å². The van der Waals surface area contributed by atoms with Crippen LogP contribution in [-0.4, -0.2) is 22.1 Å². The molecule has 0 aromatic carbocycles. The maximum Gasteiger partial charge on any atom is 0.408 e. The standard InChI is InChI=1S/C23H31NO6/c1-4-5-7-10-16(2)12-13-17(3)21(26)20-19(25)15-18(30-22(20)27)11-8-6-9-14-24-23(28)29/h9,12-15,24-25H,4-8,10-11H2,1-3H3,(H,28,29)/b14-9+,16-12-,17-13+. The molecule has 1 aromatic rings. The summed E-state index contributed by atoms with van der Waals surface area (Å²) in [6, 6.07) is 1.28. The van der Waals surface area contributed by atoms with E-state index in [0.717, 1.165) is 31.3 Å². The third-order valence-corrected chi connectivity index (χ3v) is 4.48. The number of ketones is 1. The third kappa shape index (κ3) is 8.94. The van der Waals surface area contributed by atoms with Crippen LogP contribution in [0.1, 0.15) is 75.4 Å². The van der Waals surface area contributed by atoms with Gasteiger partial charge in [0, 0.05) is 18.7 Å². The Morgan fingerprint density at radius 1 is 1.17 bits per heavy atom. The molecule has 0 aliphatic heterocycles. The topological polar surface area (TPSA) is 117 Å². The molecular weight excluding hydrogens is 386 g/mol. The summed E-state index contributed by atoms with van der Waals surface area (Å²) in [5.41, 5.74) is 0.260. The second-order valence-corrected chi connectivity index (χ2v) is 7.15. The number of amides is 1. The van der Waals surface area contributed by atoms with Gasteiger partial charge in [-0.25, -0.2) is 9.59 Å². The van der Waals surface area contributed by atoms with Gasteiger partial charge in [-0.2, -0.15) is 0 Å². The molecular formula is C23H31NO6. The van der Waals surface area contributed by atoms with Crippen molar-refractivity contribution in [3.05, 3.63) is 63.4 Å². The molecule has 0 aliphatic carbocycles. The quantitative estimate of drug-likeness (QED) is 0.188. The van der Waals surface area contributed by atoms with Gasteiger partial charge in [-0.1, -0.05) is 43.6 Å². The van der Waals surface area contributed by atoms with Gasteiger partial charge in [-0.3, -0.25) is 10.1 Å². The number of allylic oxidation sites excluding steroid dienone is 5. The second kappa shape index (κ2) is 13.2. The number of unbranched alkanes of at least 4 members (excludes halogenated alkanes) is 3. The molecule has 0 saturated carbocycles. The van der Waals surface area contributed by atoms with E-state index in [1.807, 2.05) is 13.0 Å². The lowest BCUT2D eigenvalue weighted by Gasteiger charge is -2.05. The summed E-state index contributed by atoms with van der Waals surface area (Å²) >= 11 is 0. The molecule has 0 radical (unpaired) electrons. The van der Waals surface area contributed by atoms with Gasteiger partial charge in [0.05, 0.1) is 0 Å². The van der Waals surface area contributed by atoms with Crippen molar-refractivity contribution >= 4 is 11.9 Å². The van der Waals surface area contributed by atoms with E-state index < -0.39 is 23.3 Å². The van der Waals surface area contributed by atoms with Crippen molar-refractivity contribution < 1.29 is 24.2 Å². The molecule has 0 saturated heterocycles. The minimum atomic E-state index is -1.14. The maximum atomic E-state index is 12.6. The molecule has 0 fully saturated rings. The van der Waals surface area contributed by atoms with Gasteiger partial charge in [0.15, 0.2) is 5.78 Å². The zero-order chi connectivity index (χ0) is 22.5. The highest BCUT2D eigenvalue weighted by atomic mass is 16.4. The number of hydrogen-bond acceptors (Lipinski definition) is 5. The van der Waals surface area contributed by atoms with Crippen molar-refractivity contribution in [2.75, 3.05) is 0 Å². The van der Waals surface area contributed by atoms with Gasteiger partial charge in [0.2, 0.25) is 0 Å². The molecule has 1 heterocycles. The molecule has 0 aliphatic rings. The lowest BCUT2D eigenvalue weighted by molar-refractivity contribution is 0.102. The third-order valence-electron chi connectivity index (χ3n) is 4.48. The predicted octanol–water partition coefficient (Wildman–Crippen LogP) is 5.11. The van der Waals surface area contributed by atoms with Crippen molar-refractivity contribution in [2.45, 2.75) is 65.7 Å². The Hall–Kier alpha value is -3.09. The van der Waals surface area contributed by atoms with Gasteiger partial charge in [0.25, 0.3) is 0 Å². The highest BCUT2D eigenvalue weighted by molar-refractivity contribution is 6.09. The number of carboxylic acid groups (broad SMARTS) is 1. The number of Topliss-reactive ketones (excluding diaryl/α,β-unsaturated/α-hetero) is 1. The highest BCUT2D eigenvalue weighted by Crippen LogP contribution is 2.20. The summed E-state index contributed by atoms with van der Waals surface area (Å²) < 4.78 is 5.18. The van der Waals surface area contributed by atoms with Crippen LogP contribution < -0.4 is 10.9 Å². The van der Waals surface area contributed by atoms with E-state index in [1.54, 1.807) is 19.1 Å². The number of aryl methyl sites for hydroxylation is 1. The summed E-state index contributed by atoms with van der Waals surface area (Å²) in [5.74, 6) is -0.694. The van der Waals surface area contributed by atoms with Crippen LogP contribution in [0.4, 0.5) is 4.79 Å². The summed E-state index contributed by atoms with van der Waals surface area (Å²) in [4.78, 5) is 35.1. The van der Waals surface area contributed by atoms with Gasteiger partial charge in [0.1, 0.15) is 17.1 Å². The molecule has 1 aromatic heterocycles. The van der Waals surface area contributed by atoms with Gasteiger partial charge < -0.3 is 14.6 Å². The average molecular weight is 418 g/mol. The van der Waals surface area contributed by atoms with Crippen molar-refractivity contribution in [3.8, 4) is 5.75 Å². The van der Waals surface area contributed by atoms with E-state index in [-0.39, 0.29) is 11.3 Å². The van der Waals surface area contributed by atoms with Crippen LogP contribution in [0.3, 0.4) is 0 Å². The second-order valence-electron chi connectivity index (χ2n) is 7.15. The van der Waals surface area contributed by atoms with E-state index >= 15 is 0 Å². The molecule has 0 spiro atoms. The monoisotopic (exact) mass is 417 g/mol. The first-order valence-electron chi connectivity index (χ1n) is 10.2. The Balaban J connectivity index is 2.78. The van der Waals surface area contributed by atoms with Crippen LogP contribution in [0, 0.1) is 0 Å². The van der Waals surface area contributed by atoms with Crippen LogP contribution in [0.5, 0.6) is 5.75 Å². The summed E-state index contributed by atoms with van der Waals surface area (Å²) in [5, 5.41) is 20.7. The number of rotatable bonds is 12. The predicted molar refractivity (Wildman–Crippen MR) is 116 cm³/mol. The summed E-state index contributed by atoms with van der Waals surface area (Å²) in [6.45, 7) is 5.74. The van der Waals surface area contributed by atoms with Crippen LogP contribution in [0.15, 0.2) is 50.9 Å². The van der Waals surface area contributed by atoms with E-state index in [9.17, 15) is 19.5 Å². The molecule has 0 atom stereocenters. The Kier molecular flexibility index (Phi) is 11.0. The minimum absolute atomic E-state index is 0.266. The highest BCUT2D eigenvalue weighted by Gasteiger charge is 2.20. The number of carbonyl (C=O) groups excluding carboxylic acids is 1. The molecule has 0 unspecified atom stereocenters. The van der Waals surface area contributed by atoms with E-state index in [2.05, 4.69) is 12.2 Å². The molecule has 3 N–H and O–H groups in total. The first-order valence-corrected chi connectivity index (χ1v) is 10.2. The Morgan fingerprint density at radius 3 is 2.53 bits per heavy atom. The number of nitrogens with one attached hydrogen (secondary N) is 1. The van der Waals surface area contributed by atoms with Crippen LogP contribution in [0.25, 0.3) is 0 Å². The SMILES string of the molecule is CCCCC/C(C)=C\C=C(/C)C(=O)c1c(O)cc(CCC/C=C/NC(=O)O)oc1=O. The van der Waals surface area contributed by atoms with Gasteiger partial charge in [-0.15, -0.1) is 0 Å². The maximum absolute atomic E-state index is 12.6. The Bertz CT molecular complexity index is 876. The van der Waals surface area contributed by atoms with Crippen molar-refractivity contribution in [3.63, 3.8) is 0 Å². The lowest BCUT2D eigenvalue weighted by Crippen LogP contribution is -2.16. The van der Waals surface area contributed by atoms with Crippen molar-refractivity contribution in [1.82, 2.24) is 5.32 Å². The van der Waals surface area contributed by atoms with Crippen LogP contribution in [-0.2, 0) is 6.42 Å². The van der Waals surface area contributed by atoms with E-state index in [4.69, 9.17) is 9.52 Å². The summed E-state index contributed by atoms with van der Waals surface area (Å²) in [6.07, 6.45) is 11.2. The minimum Gasteiger partial charge on any atom is -0.507 e. The fourth-order valence-electron chi connectivity index (χ4n) is 2.75. The molecule has 164 valence electrons. The molecule has 7 nitrogen and oxygen atoms in total. The zero-order valence-electron chi connectivity index (χ0n) is 17.9. The molecule has 1 rings (SSSR count). The van der Waals surface area contributed by atoms with Gasteiger partial charge in [-0.05, 0) is 45.1 Å². The van der Waals surface area contributed by atoms with Gasteiger partial charge >= 0.3 is 11.7 Å². The first kappa shape index (κ1) is 24.9. The smallest absolute Gasteiger partial charge is 0.408 e. The number of hydrogen-bond donors (Lipinski definition) is 3. The molecule has 7 heteroatoms. The number of carbonyl (C=O) groups is 2. The zero-order valence-corrected chi connectivity index (χ0v) is 17.9. The Labute approximate surface area is 176 Å². The molecule has 0 bridgehead atoms. The lowest BCUT2D eigenvalue weighted by atomic mass is 10.0. The fraction of sp³-hybridized carbons (Fsp3) is 0.435. The van der Waals surface area contributed by atoms with Crippen molar-refractivity contribution in [2.24, 2.45) is 0 Å². The summed E-state index contributed by atoms with van der Waals surface area (Å²) in [7, 11) is 0. The first-order chi connectivity index (χ1) is 14.3.